The number of hydrogen-bond acceptors (Lipinski definition) is 6. The number of nitrogens with two attached hydrogens (primary N) is 1. The summed E-state index contributed by atoms with van der Waals surface area (Å²) in [6, 6.07) is -0.141. The molecule has 19 heavy (non-hydrogen) atoms. The largest absolute Gasteiger partial charge is 0.396 e. The molecule has 8 heteroatoms. The molecule has 1 fully saturated rings. The molecule has 7 nitrogen and oxygen atoms in total. The van der Waals surface area contributed by atoms with Gasteiger partial charge in [-0.1, -0.05) is 0 Å². The fourth-order valence-electron chi connectivity index (χ4n) is 2.20. The van der Waals surface area contributed by atoms with Crippen LogP contribution in [-0.2, 0) is 9.84 Å². The topological polar surface area (TPSA) is 104 Å². The molecule has 3 rings (SSSR count). The third-order valence-corrected chi connectivity index (χ3v) is 4.90. The maximum absolute atomic E-state index is 11.5. The molecule has 1 aliphatic heterocycles. The lowest BCUT2D eigenvalue weighted by molar-refractivity contribution is 0.501. The van der Waals surface area contributed by atoms with E-state index in [0.29, 0.717) is 23.5 Å². The number of sulfone groups is 1. The Bertz CT molecular complexity index is 695. The van der Waals surface area contributed by atoms with Crippen LogP contribution in [0, 0.1) is 0 Å². The van der Waals surface area contributed by atoms with E-state index in [1.165, 1.54) is 0 Å². The molecule has 3 heterocycles. The molecule has 0 spiro atoms. The summed E-state index contributed by atoms with van der Waals surface area (Å²) in [5, 5.41) is 4.35. The number of aromatic nitrogens is 4. The molecule has 1 aliphatic rings. The van der Waals surface area contributed by atoms with Crippen molar-refractivity contribution in [3.05, 3.63) is 24.8 Å². The quantitative estimate of drug-likeness (QED) is 0.847. The van der Waals surface area contributed by atoms with Gasteiger partial charge < -0.3 is 5.73 Å². The Morgan fingerprint density at radius 1 is 1.37 bits per heavy atom. The zero-order chi connectivity index (χ0) is 13.5. The minimum atomic E-state index is -2.94. The molecular weight excluding hydrogens is 266 g/mol. The van der Waals surface area contributed by atoms with Crippen molar-refractivity contribution in [2.24, 2.45) is 0 Å². The Morgan fingerprint density at radius 3 is 2.84 bits per heavy atom. The van der Waals surface area contributed by atoms with E-state index in [2.05, 4.69) is 15.1 Å². The van der Waals surface area contributed by atoms with Gasteiger partial charge >= 0.3 is 0 Å². The first-order valence-corrected chi connectivity index (χ1v) is 7.69. The predicted octanol–water partition coefficient (Wildman–Crippen LogP) is 0.282. The second-order valence-electron chi connectivity index (χ2n) is 4.56. The average Bonchev–Trinajstić information content (AvgIpc) is 2.93. The van der Waals surface area contributed by atoms with Crippen molar-refractivity contribution in [1.82, 2.24) is 19.7 Å². The maximum atomic E-state index is 11.5. The zero-order valence-electron chi connectivity index (χ0n) is 10.1. The molecule has 2 N–H and O–H groups in total. The molecule has 100 valence electrons. The minimum absolute atomic E-state index is 0.119. The van der Waals surface area contributed by atoms with Crippen LogP contribution in [0.1, 0.15) is 12.5 Å². The van der Waals surface area contributed by atoms with Crippen molar-refractivity contribution < 1.29 is 8.42 Å². The molecule has 0 radical (unpaired) electrons. The van der Waals surface area contributed by atoms with Crippen molar-refractivity contribution in [3.63, 3.8) is 0 Å². The molecule has 2 aromatic rings. The van der Waals surface area contributed by atoms with E-state index in [1.807, 2.05) is 0 Å². The van der Waals surface area contributed by atoms with E-state index in [1.54, 1.807) is 29.5 Å². The number of anilines is 1. The van der Waals surface area contributed by atoms with E-state index in [0.717, 1.165) is 0 Å². The lowest BCUT2D eigenvalue weighted by Gasteiger charge is -2.07. The fourth-order valence-corrected chi connectivity index (χ4v) is 3.90. The van der Waals surface area contributed by atoms with E-state index in [-0.39, 0.29) is 17.5 Å². The van der Waals surface area contributed by atoms with Crippen molar-refractivity contribution in [2.75, 3.05) is 17.2 Å². The molecular formula is C11H13N5O2S. The standard InChI is InChI=1S/C11H13N5O2S/c12-9-6-16(8-1-4-19(17,18)7-8)15-11(9)10-5-13-2-3-14-10/h2-3,5-6,8H,1,4,7,12H2. The Morgan fingerprint density at radius 2 is 2.21 bits per heavy atom. The summed E-state index contributed by atoms with van der Waals surface area (Å²) in [4.78, 5) is 8.11. The Kier molecular flexibility index (Phi) is 2.74. The number of rotatable bonds is 2. The summed E-state index contributed by atoms with van der Waals surface area (Å²) in [7, 11) is -2.94. The van der Waals surface area contributed by atoms with Crippen molar-refractivity contribution >= 4 is 15.5 Å². The normalized spacial score (nSPS) is 21.6. The molecule has 0 aliphatic carbocycles. The Labute approximate surface area is 110 Å². The van der Waals surface area contributed by atoms with Gasteiger partial charge in [0.1, 0.15) is 11.4 Å². The first-order chi connectivity index (χ1) is 9.05. The molecule has 1 unspecified atom stereocenters. The van der Waals surface area contributed by atoms with Crippen LogP contribution in [0.3, 0.4) is 0 Å². The van der Waals surface area contributed by atoms with Crippen LogP contribution in [-0.4, -0.2) is 39.7 Å². The van der Waals surface area contributed by atoms with E-state index in [4.69, 9.17) is 5.73 Å². The monoisotopic (exact) mass is 279 g/mol. The van der Waals surface area contributed by atoms with Crippen molar-refractivity contribution in [2.45, 2.75) is 12.5 Å². The SMILES string of the molecule is Nc1cn(C2CCS(=O)(=O)C2)nc1-c1cnccn1. The summed E-state index contributed by atoms with van der Waals surface area (Å²) < 4.78 is 24.6. The summed E-state index contributed by atoms with van der Waals surface area (Å²) in [6.45, 7) is 0. The summed E-state index contributed by atoms with van der Waals surface area (Å²) in [6.07, 6.45) is 6.95. The summed E-state index contributed by atoms with van der Waals surface area (Å²) in [5.74, 6) is 0.325. The second kappa shape index (κ2) is 4.30. The van der Waals surface area contributed by atoms with Gasteiger partial charge in [0.25, 0.3) is 0 Å². The maximum Gasteiger partial charge on any atom is 0.152 e. The van der Waals surface area contributed by atoms with Gasteiger partial charge in [0.15, 0.2) is 9.84 Å². The lowest BCUT2D eigenvalue weighted by atomic mass is 10.3. The number of nitrogen functional groups attached to an aromatic ring is 1. The highest BCUT2D eigenvalue weighted by Crippen LogP contribution is 2.27. The number of hydrogen-bond donors (Lipinski definition) is 1. The molecule has 2 aromatic heterocycles. The Hall–Kier alpha value is -1.96. The molecule has 1 saturated heterocycles. The first kappa shape index (κ1) is 12.1. The molecule has 1 atom stereocenters. The second-order valence-corrected chi connectivity index (χ2v) is 6.79. The zero-order valence-corrected chi connectivity index (χ0v) is 10.9. The summed E-state index contributed by atoms with van der Waals surface area (Å²) in [5.41, 5.74) is 7.51. The molecule has 0 bridgehead atoms. The highest BCUT2D eigenvalue weighted by molar-refractivity contribution is 7.91. The van der Waals surface area contributed by atoms with Crippen molar-refractivity contribution in [1.29, 1.82) is 0 Å². The van der Waals surface area contributed by atoms with Gasteiger partial charge in [0.05, 0.1) is 29.4 Å². The first-order valence-electron chi connectivity index (χ1n) is 5.86. The van der Waals surface area contributed by atoms with Crippen LogP contribution in [0.2, 0.25) is 0 Å². The molecule has 0 aromatic carbocycles. The smallest absolute Gasteiger partial charge is 0.152 e. The highest BCUT2D eigenvalue weighted by Gasteiger charge is 2.30. The van der Waals surface area contributed by atoms with Gasteiger partial charge in [-0.15, -0.1) is 0 Å². The minimum Gasteiger partial charge on any atom is -0.396 e. The fraction of sp³-hybridized carbons (Fsp3) is 0.364. The lowest BCUT2D eigenvalue weighted by Crippen LogP contribution is -2.11. The van der Waals surface area contributed by atoms with Gasteiger partial charge in [-0.3, -0.25) is 14.6 Å². The van der Waals surface area contributed by atoms with Crippen LogP contribution in [0.5, 0.6) is 0 Å². The van der Waals surface area contributed by atoms with Crippen LogP contribution >= 0.6 is 0 Å². The van der Waals surface area contributed by atoms with Gasteiger partial charge in [0.2, 0.25) is 0 Å². The average molecular weight is 279 g/mol. The summed E-state index contributed by atoms with van der Waals surface area (Å²) >= 11 is 0. The van der Waals surface area contributed by atoms with Gasteiger partial charge in [0, 0.05) is 18.6 Å². The van der Waals surface area contributed by atoms with Crippen LogP contribution < -0.4 is 5.73 Å². The number of nitrogens with zero attached hydrogens (tertiary/aromatic N) is 4. The van der Waals surface area contributed by atoms with Gasteiger partial charge in [-0.2, -0.15) is 5.10 Å². The highest BCUT2D eigenvalue weighted by atomic mass is 32.2. The van der Waals surface area contributed by atoms with Crippen LogP contribution in [0.25, 0.3) is 11.4 Å². The van der Waals surface area contributed by atoms with Gasteiger partial charge in [-0.05, 0) is 6.42 Å². The molecule has 0 saturated carbocycles. The van der Waals surface area contributed by atoms with E-state index >= 15 is 0 Å². The van der Waals surface area contributed by atoms with Gasteiger partial charge in [-0.25, -0.2) is 8.42 Å². The van der Waals surface area contributed by atoms with Crippen LogP contribution in [0.4, 0.5) is 5.69 Å². The van der Waals surface area contributed by atoms with Crippen molar-refractivity contribution in [3.8, 4) is 11.4 Å². The van der Waals surface area contributed by atoms with E-state index < -0.39 is 9.84 Å². The molecule has 0 amide bonds. The van der Waals surface area contributed by atoms with Crippen LogP contribution in [0.15, 0.2) is 24.8 Å². The Balaban J connectivity index is 1.95. The van der Waals surface area contributed by atoms with E-state index in [9.17, 15) is 8.42 Å². The third-order valence-electron chi connectivity index (χ3n) is 3.15. The predicted molar refractivity (Wildman–Crippen MR) is 70.0 cm³/mol. The third kappa shape index (κ3) is 2.30.